The number of hydrogen-bond acceptors (Lipinski definition) is 5. The van der Waals surface area contributed by atoms with Crippen molar-refractivity contribution in [3.05, 3.63) is 99.1 Å². The Hall–Kier alpha value is -4.07. The van der Waals surface area contributed by atoms with Crippen molar-refractivity contribution in [3.8, 4) is 0 Å². The smallest absolute Gasteiger partial charge is 0.325 e. The molecule has 4 rings (SSSR count). The van der Waals surface area contributed by atoms with Crippen LogP contribution >= 0.6 is 0 Å². The Labute approximate surface area is 171 Å². The third-order valence-electron chi connectivity index (χ3n) is 4.68. The second kappa shape index (κ2) is 8.12. The lowest BCUT2D eigenvalue weighted by atomic mass is 10.2. The molecule has 1 amide bonds. The molecule has 0 bridgehead atoms. The fourth-order valence-corrected chi connectivity index (χ4v) is 3.27. The number of nitrogens with one attached hydrogen (secondary N) is 1. The second-order valence-electron chi connectivity index (χ2n) is 6.90. The summed E-state index contributed by atoms with van der Waals surface area (Å²) in [5, 5.41) is 2.79. The molecule has 1 aromatic carbocycles. The van der Waals surface area contributed by atoms with E-state index in [1.54, 1.807) is 42.7 Å². The summed E-state index contributed by atoms with van der Waals surface area (Å²) in [5.74, 6) is -0.373. The quantitative estimate of drug-likeness (QED) is 0.551. The topological polar surface area (TPSA) is 98.9 Å². The molecule has 30 heavy (non-hydrogen) atoms. The average Bonchev–Trinajstić information content (AvgIpc) is 2.75. The Morgan fingerprint density at radius 3 is 2.57 bits per heavy atom. The lowest BCUT2D eigenvalue weighted by Gasteiger charge is -2.14. The van der Waals surface area contributed by atoms with Crippen LogP contribution in [-0.4, -0.2) is 25.0 Å². The summed E-state index contributed by atoms with van der Waals surface area (Å²) in [5.41, 5.74) is 1.77. The summed E-state index contributed by atoms with van der Waals surface area (Å²) in [6.45, 7) is 1.74. The number of aryl methyl sites for hydroxylation is 1. The number of anilines is 1. The van der Waals surface area contributed by atoms with Gasteiger partial charge in [-0.25, -0.2) is 9.78 Å². The summed E-state index contributed by atoms with van der Waals surface area (Å²) in [6.07, 6.45) is 4.67. The maximum Gasteiger partial charge on any atom is 0.332 e. The van der Waals surface area contributed by atoms with Crippen molar-refractivity contribution in [1.29, 1.82) is 0 Å². The number of nitrogens with zero attached hydrogens (tertiary/aromatic N) is 4. The van der Waals surface area contributed by atoms with Crippen LogP contribution in [0.4, 0.5) is 5.69 Å². The molecule has 4 aromatic rings. The Balaban J connectivity index is 1.76. The van der Waals surface area contributed by atoms with E-state index in [1.807, 2.05) is 25.1 Å². The van der Waals surface area contributed by atoms with E-state index in [4.69, 9.17) is 0 Å². The first-order valence-corrected chi connectivity index (χ1v) is 9.37. The first-order valence-electron chi connectivity index (χ1n) is 9.37. The molecular weight excluding hydrogens is 382 g/mol. The van der Waals surface area contributed by atoms with Gasteiger partial charge < -0.3 is 5.32 Å². The van der Waals surface area contributed by atoms with E-state index in [0.717, 1.165) is 15.7 Å². The van der Waals surface area contributed by atoms with E-state index in [-0.39, 0.29) is 24.5 Å². The number of amides is 1. The molecule has 3 aromatic heterocycles. The van der Waals surface area contributed by atoms with E-state index in [9.17, 15) is 14.4 Å². The predicted molar refractivity (Wildman–Crippen MR) is 113 cm³/mol. The van der Waals surface area contributed by atoms with Gasteiger partial charge in [-0.05, 0) is 54.4 Å². The van der Waals surface area contributed by atoms with Crippen LogP contribution in [0.3, 0.4) is 0 Å². The van der Waals surface area contributed by atoms with Gasteiger partial charge in [0, 0.05) is 24.3 Å². The SMILES string of the molecule is Cc1cccc(NC(=O)Cn2c(=O)n(Cc3ccncc3)c(=O)c3ncccc32)c1. The molecule has 0 aliphatic rings. The molecule has 0 fully saturated rings. The highest BCUT2D eigenvalue weighted by molar-refractivity contribution is 5.91. The molecule has 0 radical (unpaired) electrons. The van der Waals surface area contributed by atoms with Crippen LogP contribution in [0, 0.1) is 6.92 Å². The fraction of sp³-hybridized carbons (Fsp3) is 0.136. The number of carbonyl (C=O) groups excluding carboxylic acids is 1. The number of aromatic nitrogens is 4. The van der Waals surface area contributed by atoms with Gasteiger partial charge in [0.1, 0.15) is 6.54 Å². The van der Waals surface area contributed by atoms with E-state index >= 15 is 0 Å². The number of hydrogen-bond donors (Lipinski definition) is 1. The van der Waals surface area contributed by atoms with Gasteiger partial charge in [0.05, 0.1) is 12.1 Å². The zero-order valence-corrected chi connectivity index (χ0v) is 16.3. The van der Waals surface area contributed by atoms with Gasteiger partial charge in [-0.1, -0.05) is 12.1 Å². The number of fused-ring (bicyclic) bond motifs is 1. The standard InChI is InChI=1S/C22H19N5O3/c1-15-4-2-5-17(12-15)25-19(28)14-26-18-6-3-9-24-20(18)21(29)27(22(26)30)13-16-7-10-23-11-8-16/h2-12H,13-14H2,1H3,(H,25,28). The molecule has 3 heterocycles. The molecule has 0 saturated heterocycles. The van der Waals surface area contributed by atoms with Gasteiger partial charge in [-0.2, -0.15) is 0 Å². The summed E-state index contributed by atoms with van der Waals surface area (Å²) in [4.78, 5) is 46.8. The maximum atomic E-state index is 13.2. The van der Waals surface area contributed by atoms with Crippen LogP contribution in [0.15, 0.2) is 76.7 Å². The van der Waals surface area contributed by atoms with Gasteiger partial charge in [-0.15, -0.1) is 0 Å². The lowest BCUT2D eigenvalue weighted by Crippen LogP contribution is -2.42. The molecule has 150 valence electrons. The normalized spacial score (nSPS) is 10.8. The monoisotopic (exact) mass is 401 g/mol. The minimum Gasteiger partial charge on any atom is -0.325 e. The summed E-state index contributed by atoms with van der Waals surface area (Å²) < 4.78 is 2.36. The number of pyridine rings is 2. The zero-order chi connectivity index (χ0) is 21.1. The number of carbonyl (C=O) groups is 1. The molecule has 8 heteroatoms. The van der Waals surface area contributed by atoms with Crippen molar-refractivity contribution >= 4 is 22.6 Å². The van der Waals surface area contributed by atoms with Gasteiger partial charge >= 0.3 is 5.69 Å². The molecule has 8 nitrogen and oxygen atoms in total. The highest BCUT2D eigenvalue weighted by atomic mass is 16.2. The Morgan fingerprint density at radius 2 is 1.80 bits per heavy atom. The predicted octanol–water partition coefficient (Wildman–Crippen LogP) is 1.95. The molecule has 0 aliphatic heterocycles. The Bertz CT molecular complexity index is 1340. The highest BCUT2D eigenvalue weighted by Gasteiger charge is 2.16. The first-order chi connectivity index (χ1) is 14.5. The van der Waals surface area contributed by atoms with Crippen molar-refractivity contribution < 1.29 is 4.79 Å². The molecular formula is C22H19N5O3. The minimum absolute atomic E-state index is 0.0617. The van der Waals surface area contributed by atoms with E-state index < -0.39 is 11.2 Å². The van der Waals surface area contributed by atoms with Crippen molar-refractivity contribution in [3.63, 3.8) is 0 Å². The van der Waals surface area contributed by atoms with E-state index in [0.29, 0.717) is 11.2 Å². The van der Waals surface area contributed by atoms with Crippen LogP contribution in [-0.2, 0) is 17.9 Å². The van der Waals surface area contributed by atoms with Crippen molar-refractivity contribution in [2.75, 3.05) is 5.32 Å². The molecule has 0 unspecified atom stereocenters. The van der Waals surface area contributed by atoms with Crippen LogP contribution < -0.4 is 16.6 Å². The van der Waals surface area contributed by atoms with Crippen LogP contribution in [0.1, 0.15) is 11.1 Å². The largest absolute Gasteiger partial charge is 0.332 e. The molecule has 0 aliphatic carbocycles. The summed E-state index contributed by atoms with van der Waals surface area (Å²) in [7, 11) is 0. The number of rotatable bonds is 5. The van der Waals surface area contributed by atoms with Crippen molar-refractivity contribution in [2.45, 2.75) is 20.0 Å². The third kappa shape index (κ3) is 3.88. The van der Waals surface area contributed by atoms with Gasteiger partial charge in [0.2, 0.25) is 5.91 Å². The average molecular weight is 401 g/mol. The van der Waals surface area contributed by atoms with Crippen molar-refractivity contribution in [2.24, 2.45) is 0 Å². The minimum atomic E-state index is -0.572. The lowest BCUT2D eigenvalue weighted by molar-refractivity contribution is -0.116. The Kier molecular flexibility index (Phi) is 5.21. The van der Waals surface area contributed by atoms with Crippen LogP contribution in [0.5, 0.6) is 0 Å². The number of benzene rings is 1. The maximum absolute atomic E-state index is 13.2. The third-order valence-corrected chi connectivity index (χ3v) is 4.68. The van der Waals surface area contributed by atoms with E-state index in [2.05, 4.69) is 15.3 Å². The second-order valence-corrected chi connectivity index (χ2v) is 6.90. The molecule has 0 spiro atoms. The zero-order valence-electron chi connectivity index (χ0n) is 16.3. The van der Waals surface area contributed by atoms with Crippen molar-refractivity contribution in [1.82, 2.24) is 19.1 Å². The van der Waals surface area contributed by atoms with Gasteiger partial charge in [0.25, 0.3) is 5.56 Å². The van der Waals surface area contributed by atoms with Crippen LogP contribution in [0.2, 0.25) is 0 Å². The van der Waals surface area contributed by atoms with Gasteiger partial charge in [0.15, 0.2) is 5.52 Å². The summed E-state index contributed by atoms with van der Waals surface area (Å²) >= 11 is 0. The molecule has 0 saturated carbocycles. The highest BCUT2D eigenvalue weighted by Crippen LogP contribution is 2.10. The fourth-order valence-electron chi connectivity index (χ4n) is 3.27. The summed E-state index contributed by atoms with van der Waals surface area (Å²) in [6, 6.07) is 14.1. The van der Waals surface area contributed by atoms with E-state index in [1.165, 1.54) is 10.8 Å². The Morgan fingerprint density at radius 1 is 1.00 bits per heavy atom. The van der Waals surface area contributed by atoms with Crippen LogP contribution in [0.25, 0.3) is 11.0 Å². The molecule has 0 atom stereocenters. The van der Waals surface area contributed by atoms with Gasteiger partial charge in [-0.3, -0.25) is 23.7 Å². The molecule has 1 N–H and O–H groups in total. The first kappa shape index (κ1) is 19.3.